The van der Waals surface area contributed by atoms with Crippen molar-refractivity contribution in [1.29, 1.82) is 0 Å². The summed E-state index contributed by atoms with van der Waals surface area (Å²) in [5.74, 6) is -0.362. The van der Waals surface area contributed by atoms with Crippen LogP contribution < -0.4 is 0 Å². The minimum atomic E-state index is -0.853. The molecule has 0 amide bonds. The first kappa shape index (κ1) is 10.1. The Morgan fingerprint density at radius 1 is 1.47 bits per heavy atom. The molecule has 1 unspecified atom stereocenters. The molecular formula is C11H10O3S. The molecule has 1 heterocycles. The van der Waals surface area contributed by atoms with Crippen LogP contribution in [0.2, 0.25) is 0 Å². The second kappa shape index (κ2) is 4.00. The summed E-state index contributed by atoms with van der Waals surface area (Å²) in [7, 11) is 0.497. The molecule has 1 aliphatic rings. The van der Waals surface area contributed by atoms with Gasteiger partial charge < -0.3 is 9.29 Å². The van der Waals surface area contributed by atoms with Gasteiger partial charge in [-0.2, -0.15) is 0 Å². The normalized spacial score (nSPS) is 17.9. The number of methoxy groups -OCH3 is 1. The Morgan fingerprint density at radius 2 is 2.27 bits per heavy atom. The van der Waals surface area contributed by atoms with Gasteiger partial charge in [-0.1, -0.05) is 12.2 Å². The Balaban J connectivity index is 2.48. The summed E-state index contributed by atoms with van der Waals surface area (Å²) in [5, 5.41) is 1.72. The van der Waals surface area contributed by atoms with Crippen LogP contribution in [-0.4, -0.2) is 23.0 Å². The summed E-state index contributed by atoms with van der Waals surface area (Å²) in [6, 6.07) is 5.14. The summed E-state index contributed by atoms with van der Waals surface area (Å²) in [6.07, 6.45) is 3.65. The van der Waals surface area contributed by atoms with Crippen molar-refractivity contribution in [3.05, 3.63) is 35.4 Å². The smallest absolute Gasteiger partial charge is 0.337 e. The third-order valence-electron chi connectivity index (χ3n) is 2.14. The molecule has 2 rings (SSSR count). The van der Waals surface area contributed by atoms with E-state index >= 15 is 0 Å². The van der Waals surface area contributed by atoms with Crippen LogP contribution in [0, 0.1) is 0 Å². The van der Waals surface area contributed by atoms with E-state index in [2.05, 4.69) is 4.74 Å². The number of esters is 1. The first-order valence-electron chi connectivity index (χ1n) is 4.38. The van der Waals surface area contributed by atoms with Crippen LogP contribution in [0.15, 0.2) is 29.2 Å². The van der Waals surface area contributed by atoms with Crippen molar-refractivity contribution in [3.63, 3.8) is 0 Å². The molecule has 1 aromatic rings. The van der Waals surface area contributed by atoms with E-state index in [1.165, 1.54) is 7.11 Å². The zero-order valence-electron chi connectivity index (χ0n) is 8.14. The van der Waals surface area contributed by atoms with Gasteiger partial charge in [-0.25, -0.2) is 4.79 Å². The monoisotopic (exact) mass is 222 g/mol. The molecule has 0 saturated carbocycles. The largest absolute Gasteiger partial charge is 0.465 e. The quantitative estimate of drug-likeness (QED) is 0.586. The zero-order valence-corrected chi connectivity index (χ0v) is 8.95. The lowest BCUT2D eigenvalue weighted by molar-refractivity contribution is 0.0600. The minimum absolute atomic E-state index is 0.362. The number of ether oxygens (including phenoxy) is 1. The van der Waals surface area contributed by atoms with Crippen LogP contribution in [0.3, 0.4) is 0 Å². The van der Waals surface area contributed by atoms with E-state index in [9.17, 15) is 9.35 Å². The van der Waals surface area contributed by atoms with Gasteiger partial charge >= 0.3 is 5.97 Å². The number of carbonyl (C=O) groups is 1. The van der Waals surface area contributed by atoms with Crippen molar-refractivity contribution in [1.82, 2.24) is 0 Å². The van der Waals surface area contributed by atoms with Crippen LogP contribution in [0.25, 0.3) is 6.08 Å². The van der Waals surface area contributed by atoms with Gasteiger partial charge in [0.05, 0.1) is 12.7 Å². The van der Waals surface area contributed by atoms with Crippen LogP contribution in [0.5, 0.6) is 0 Å². The summed E-state index contributed by atoms with van der Waals surface area (Å²) < 4.78 is 14.3. The van der Waals surface area contributed by atoms with Crippen LogP contribution in [0.4, 0.5) is 0 Å². The third-order valence-corrected chi connectivity index (χ3v) is 3.38. The van der Waals surface area contributed by atoms with Gasteiger partial charge in [-0.15, -0.1) is 0 Å². The standard InChI is InChI=1S/C11H10O3S/c1-14-11(12)9-4-5-10-8(7-9)3-2-6-15(10)13/h2-7,13H,1H3. The number of allylic oxidation sites excluding steroid dienone is 1. The van der Waals surface area contributed by atoms with E-state index in [0.29, 0.717) is 5.56 Å². The number of carbonyl (C=O) groups excluding carboxylic acids is 1. The molecule has 1 atom stereocenters. The second-order valence-corrected chi connectivity index (χ2v) is 4.40. The summed E-state index contributed by atoms with van der Waals surface area (Å²) in [5.41, 5.74) is 1.37. The summed E-state index contributed by atoms with van der Waals surface area (Å²) in [4.78, 5) is 12.1. The van der Waals surface area contributed by atoms with E-state index < -0.39 is 10.8 Å². The highest BCUT2D eigenvalue weighted by atomic mass is 32.2. The topological polar surface area (TPSA) is 46.5 Å². The van der Waals surface area contributed by atoms with Crippen molar-refractivity contribution in [2.45, 2.75) is 4.90 Å². The molecule has 0 aromatic heterocycles. The van der Waals surface area contributed by atoms with Gasteiger partial charge in [0.2, 0.25) is 0 Å². The molecule has 0 spiro atoms. The highest BCUT2D eigenvalue weighted by Crippen LogP contribution is 2.30. The van der Waals surface area contributed by atoms with Crippen LogP contribution in [0.1, 0.15) is 15.9 Å². The SMILES string of the molecule is COC(=O)c1ccc2c(c1)C=CC=S2O. The maximum Gasteiger partial charge on any atom is 0.337 e. The van der Waals surface area contributed by atoms with Gasteiger partial charge in [-0.05, 0) is 39.9 Å². The highest BCUT2D eigenvalue weighted by Gasteiger charge is 2.11. The van der Waals surface area contributed by atoms with E-state index in [1.807, 2.05) is 6.08 Å². The first-order valence-corrected chi connectivity index (χ1v) is 5.63. The maximum absolute atomic E-state index is 11.3. The second-order valence-electron chi connectivity index (χ2n) is 3.05. The van der Waals surface area contributed by atoms with Crippen LogP contribution in [-0.2, 0) is 4.74 Å². The average Bonchev–Trinajstić information content (AvgIpc) is 2.28. The Kier molecular flexibility index (Phi) is 2.70. The molecule has 0 radical (unpaired) electrons. The molecule has 1 aliphatic heterocycles. The fourth-order valence-corrected chi connectivity index (χ4v) is 2.35. The van der Waals surface area contributed by atoms with Crippen molar-refractivity contribution < 1.29 is 14.1 Å². The molecule has 0 saturated heterocycles. The van der Waals surface area contributed by atoms with Gasteiger partial charge in [0, 0.05) is 4.90 Å². The van der Waals surface area contributed by atoms with Gasteiger partial charge in [-0.3, -0.25) is 0 Å². The van der Waals surface area contributed by atoms with Gasteiger partial charge in [0.1, 0.15) is 0 Å². The number of hydrogen-bond donors (Lipinski definition) is 1. The molecule has 4 heteroatoms. The first-order chi connectivity index (χ1) is 7.22. The Bertz CT molecular complexity index is 475. The predicted molar refractivity (Wildman–Crippen MR) is 61.4 cm³/mol. The average molecular weight is 222 g/mol. The summed E-state index contributed by atoms with van der Waals surface area (Å²) in [6.45, 7) is 0. The van der Waals surface area contributed by atoms with Gasteiger partial charge in [0.15, 0.2) is 0 Å². The van der Waals surface area contributed by atoms with E-state index in [-0.39, 0.29) is 5.97 Å². The van der Waals surface area contributed by atoms with E-state index in [0.717, 1.165) is 10.5 Å². The number of benzene rings is 1. The van der Waals surface area contributed by atoms with Crippen molar-refractivity contribution in [2.24, 2.45) is 0 Å². The summed E-state index contributed by atoms with van der Waals surface area (Å²) >= 11 is 0. The molecule has 1 N–H and O–H groups in total. The van der Waals surface area contributed by atoms with Crippen LogP contribution >= 0.6 is 10.8 Å². The molecule has 0 fully saturated rings. The molecular weight excluding hydrogens is 212 g/mol. The third kappa shape index (κ3) is 1.86. The molecule has 0 aliphatic carbocycles. The number of rotatable bonds is 1. The molecule has 78 valence electrons. The van der Waals surface area contributed by atoms with Crippen molar-refractivity contribution >= 4 is 28.2 Å². The lowest BCUT2D eigenvalue weighted by Gasteiger charge is -2.10. The Morgan fingerprint density at radius 3 is 3.00 bits per heavy atom. The zero-order chi connectivity index (χ0) is 10.8. The molecule has 0 bridgehead atoms. The number of fused-ring (bicyclic) bond motifs is 1. The van der Waals surface area contributed by atoms with E-state index in [4.69, 9.17) is 0 Å². The van der Waals surface area contributed by atoms with Crippen molar-refractivity contribution in [3.8, 4) is 0 Å². The Hall–Kier alpha value is -1.39. The maximum atomic E-state index is 11.3. The van der Waals surface area contributed by atoms with Gasteiger partial charge in [0.25, 0.3) is 0 Å². The van der Waals surface area contributed by atoms with Crippen molar-refractivity contribution in [2.75, 3.05) is 7.11 Å². The predicted octanol–water partition coefficient (Wildman–Crippen LogP) is 2.40. The Labute approximate surface area is 90.1 Å². The molecule has 3 nitrogen and oxygen atoms in total. The number of hydrogen-bond acceptors (Lipinski definition) is 3. The van der Waals surface area contributed by atoms with E-state index in [1.54, 1.807) is 29.6 Å². The fraction of sp³-hybridized carbons (Fsp3) is 0.0909. The lowest BCUT2D eigenvalue weighted by Crippen LogP contribution is -2.02. The molecule has 1 aromatic carbocycles. The highest BCUT2D eigenvalue weighted by molar-refractivity contribution is 8.10. The fourth-order valence-electron chi connectivity index (χ4n) is 1.40. The lowest BCUT2D eigenvalue weighted by atomic mass is 10.1. The molecule has 15 heavy (non-hydrogen) atoms. The minimum Gasteiger partial charge on any atom is -0.465 e.